The number of amides is 1. The monoisotopic (exact) mass is 446 g/mol. The molecule has 8 nitrogen and oxygen atoms in total. The van der Waals surface area contributed by atoms with E-state index in [1.54, 1.807) is 26.2 Å². The average molecular weight is 447 g/mol. The Morgan fingerprint density at radius 1 is 1.20 bits per heavy atom. The molecule has 10 heteroatoms. The number of nitrogens with zero attached hydrogens (tertiary/aromatic N) is 2. The van der Waals surface area contributed by atoms with Crippen molar-refractivity contribution in [2.75, 3.05) is 7.11 Å². The molecule has 2 heterocycles. The van der Waals surface area contributed by atoms with Gasteiger partial charge in [-0.3, -0.25) is 9.78 Å². The van der Waals surface area contributed by atoms with Gasteiger partial charge in [0.25, 0.3) is 5.91 Å². The van der Waals surface area contributed by atoms with Gasteiger partial charge >= 0.3 is 0 Å². The zero-order chi connectivity index (χ0) is 21.7. The van der Waals surface area contributed by atoms with Crippen LogP contribution >= 0.6 is 11.3 Å². The zero-order valence-corrected chi connectivity index (χ0v) is 18.4. The largest absolute Gasteiger partial charge is 0.495 e. The third kappa shape index (κ3) is 5.21. The van der Waals surface area contributed by atoms with Crippen LogP contribution in [0.3, 0.4) is 0 Å². The van der Waals surface area contributed by atoms with Gasteiger partial charge in [0.05, 0.1) is 19.3 Å². The predicted molar refractivity (Wildman–Crippen MR) is 115 cm³/mol. The lowest BCUT2D eigenvalue weighted by Crippen LogP contribution is -2.31. The number of pyridine rings is 1. The van der Waals surface area contributed by atoms with E-state index in [1.807, 2.05) is 17.5 Å². The molecule has 0 saturated heterocycles. The van der Waals surface area contributed by atoms with Crippen LogP contribution in [0, 0.1) is 0 Å². The standard InChI is InChI=1S/C20H22N4O4S2/c1-13(2)24-30(26,27)18-10-15(4-5-17(18)28-3)20(25)22-11-19-23-16(12-29-19)14-6-8-21-9-7-14/h4-10,12-13,24H,11H2,1-3H3,(H,22,25). The van der Waals surface area contributed by atoms with E-state index in [0.717, 1.165) is 16.3 Å². The Labute approximate surface area is 179 Å². The van der Waals surface area contributed by atoms with Crippen LogP contribution in [0.1, 0.15) is 29.2 Å². The first kappa shape index (κ1) is 21.9. The van der Waals surface area contributed by atoms with Gasteiger partial charge in [-0.2, -0.15) is 0 Å². The van der Waals surface area contributed by atoms with Crippen molar-refractivity contribution in [2.24, 2.45) is 0 Å². The number of ether oxygens (including phenoxy) is 1. The van der Waals surface area contributed by atoms with Gasteiger partial charge < -0.3 is 10.1 Å². The van der Waals surface area contributed by atoms with Crippen LogP contribution in [-0.2, 0) is 16.6 Å². The Hall–Kier alpha value is -2.82. The fourth-order valence-corrected chi connectivity index (χ4v) is 4.90. The molecule has 0 saturated carbocycles. The van der Waals surface area contributed by atoms with E-state index < -0.39 is 15.9 Å². The third-order valence-electron chi connectivity index (χ3n) is 4.03. The Balaban J connectivity index is 1.74. The molecule has 3 aromatic rings. The molecule has 0 aliphatic heterocycles. The van der Waals surface area contributed by atoms with Gasteiger partial charge in [-0.25, -0.2) is 18.1 Å². The number of nitrogens with one attached hydrogen (secondary N) is 2. The highest BCUT2D eigenvalue weighted by molar-refractivity contribution is 7.89. The maximum absolute atomic E-state index is 12.6. The summed E-state index contributed by atoms with van der Waals surface area (Å²) in [6.45, 7) is 3.66. The van der Waals surface area contributed by atoms with Crippen molar-refractivity contribution < 1.29 is 17.9 Å². The SMILES string of the molecule is COc1ccc(C(=O)NCc2nc(-c3ccncc3)cs2)cc1S(=O)(=O)NC(C)C. The minimum Gasteiger partial charge on any atom is -0.495 e. The van der Waals surface area contributed by atoms with Gasteiger partial charge in [0, 0.05) is 34.9 Å². The van der Waals surface area contributed by atoms with Crippen molar-refractivity contribution in [3.8, 4) is 17.0 Å². The Morgan fingerprint density at radius 3 is 2.60 bits per heavy atom. The smallest absolute Gasteiger partial charge is 0.251 e. The highest BCUT2D eigenvalue weighted by Gasteiger charge is 2.22. The number of carbonyl (C=O) groups is 1. The molecule has 1 aromatic carbocycles. The van der Waals surface area contributed by atoms with Crippen molar-refractivity contribution in [1.82, 2.24) is 20.0 Å². The van der Waals surface area contributed by atoms with Gasteiger partial charge in [-0.05, 0) is 44.2 Å². The Morgan fingerprint density at radius 2 is 1.93 bits per heavy atom. The number of hydrogen-bond acceptors (Lipinski definition) is 7. The number of benzene rings is 1. The number of sulfonamides is 1. The predicted octanol–water partition coefficient (Wildman–Crippen LogP) is 2.83. The van der Waals surface area contributed by atoms with Crippen LogP contribution in [0.15, 0.2) is 53.0 Å². The summed E-state index contributed by atoms with van der Waals surface area (Å²) < 4.78 is 32.8. The lowest BCUT2D eigenvalue weighted by atomic mass is 10.2. The van der Waals surface area contributed by atoms with Crippen LogP contribution in [0.5, 0.6) is 5.75 Å². The van der Waals surface area contributed by atoms with Crippen LogP contribution in [0.25, 0.3) is 11.3 Å². The fourth-order valence-electron chi connectivity index (χ4n) is 2.71. The molecule has 0 aliphatic rings. The highest BCUT2D eigenvalue weighted by Crippen LogP contribution is 2.25. The second-order valence-electron chi connectivity index (χ2n) is 6.69. The molecule has 0 radical (unpaired) electrons. The average Bonchev–Trinajstić information content (AvgIpc) is 3.20. The van der Waals surface area contributed by atoms with E-state index in [9.17, 15) is 13.2 Å². The van der Waals surface area contributed by atoms with Crippen LogP contribution in [-0.4, -0.2) is 37.4 Å². The molecule has 158 valence electrons. The van der Waals surface area contributed by atoms with Crippen LogP contribution < -0.4 is 14.8 Å². The molecular weight excluding hydrogens is 424 g/mol. The number of hydrogen-bond donors (Lipinski definition) is 2. The molecule has 2 N–H and O–H groups in total. The lowest BCUT2D eigenvalue weighted by Gasteiger charge is -2.14. The molecule has 0 unspecified atom stereocenters. The minimum absolute atomic E-state index is 0.0828. The number of thiazole rings is 1. The second kappa shape index (κ2) is 9.33. The molecule has 2 aromatic heterocycles. The molecule has 0 fully saturated rings. The summed E-state index contributed by atoms with van der Waals surface area (Å²) in [6.07, 6.45) is 3.39. The summed E-state index contributed by atoms with van der Waals surface area (Å²) in [5, 5.41) is 5.42. The number of methoxy groups -OCH3 is 1. The van der Waals surface area contributed by atoms with E-state index in [2.05, 4.69) is 20.0 Å². The fraction of sp³-hybridized carbons (Fsp3) is 0.250. The Bertz CT molecular complexity index is 1130. The maximum Gasteiger partial charge on any atom is 0.251 e. The van der Waals surface area contributed by atoms with E-state index in [-0.39, 0.29) is 28.8 Å². The zero-order valence-electron chi connectivity index (χ0n) is 16.7. The van der Waals surface area contributed by atoms with Crippen LogP contribution in [0.4, 0.5) is 0 Å². The second-order valence-corrected chi connectivity index (χ2v) is 9.31. The molecule has 0 aliphatic carbocycles. The topological polar surface area (TPSA) is 110 Å². The van der Waals surface area contributed by atoms with E-state index >= 15 is 0 Å². The summed E-state index contributed by atoms with van der Waals surface area (Å²) in [5.41, 5.74) is 1.97. The molecule has 0 atom stereocenters. The van der Waals surface area contributed by atoms with Crippen molar-refractivity contribution in [1.29, 1.82) is 0 Å². The van der Waals surface area contributed by atoms with Crippen molar-refractivity contribution in [3.63, 3.8) is 0 Å². The van der Waals surface area contributed by atoms with Crippen molar-refractivity contribution in [3.05, 3.63) is 58.7 Å². The van der Waals surface area contributed by atoms with E-state index in [0.29, 0.717) is 0 Å². The number of aromatic nitrogens is 2. The first-order valence-electron chi connectivity index (χ1n) is 9.13. The summed E-state index contributed by atoms with van der Waals surface area (Å²) in [7, 11) is -2.44. The Kier molecular flexibility index (Phi) is 6.80. The van der Waals surface area contributed by atoms with Gasteiger partial charge in [-0.1, -0.05) is 0 Å². The molecular formula is C20H22N4O4S2. The number of rotatable bonds is 8. The number of carbonyl (C=O) groups excluding carboxylic acids is 1. The molecule has 30 heavy (non-hydrogen) atoms. The summed E-state index contributed by atoms with van der Waals surface area (Å²) >= 11 is 1.43. The molecule has 0 bridgehead atoms. The van der Waals surface area contributed by atoms with Crippen molar-refractivity contribution >= 4 is 27.3 Å². The quantitative estimate of drug-likeness (QED) is 0.551. The normalized spacial score (nSPS) is 11.5. The highest BCUT2D eigenvalue weighted by atomic mass is 32.2. The lowest BCUT2D eigenvalue weighted by molar-refractivity contribution is 0.0950. The summed E-state index contributed by atoms with van der Waals surface area (Å²) in [4.78, 5) is 21.0. The van der Waals surface area contributed by atoms with Crippen molar-refractivity contribution in [2.45, 2.75) is 31.3 Å². The van der Waals surface area contributed by atoms with E-state index in [1.165, 1.54) is 36.6 Å². The van der Waals surface area contributed by atoms with Gasteiger partial charge in [0.2, 0.25) is 10.0 Å². The summed E-state index contributed by atoms with van der Waals surface area (Å²) in [6, 6.07) is 7.73. The van der Waals surface area contributed by atoms with Gasteiger partial charge in [0.1, 0.15) is 15.7 Å². The first-order chi connectivity index (χ1) is 14.3. The van der Waals surface area contributed by atoms with Crippen LogP contribution in [0.2, 0.25) is 0 Å². The van der Waals surface area contributed by atoms with Gasteiger partial charge in [-0.15, -0.1) is 11.3 Å². The maximum atomic E-state index is 12.6. The summed E-state index contributed by atoms with van der Waals surface area (Å²) in [5.74, 6) is -0.235. The molecule has 1 amide bonds. The first-order valence-corrected chi connectivity index (χ1v) is 11.5. The molecule has 3 rings (SSSR count). The minimum atomic E-state index is -3.82. The van der Waals surface area contributed by atoms with Gasteiger partial charge in [0.15, 0.2) is 0 Å². The third-order valence-corrected chi connectivity index (χ3v) is 6.56. The van der Waals surface area contributed by atoms with E-state index in [4.69, 9.17) is 4.74 Å². The molecule has 0 spiro atoms.